The number of fused-ring (bicyclic) bond motifs is 6. The van der Waals surface area contributed by atoms with Crippen LogP contribution in [0.2, 0.25) is 0 Å². The van der Waals surface area contributed by atoms with Crippen LogP contribution >= 0.6 is 11.3 Å². The summed E-state index contributed by atoms with van der Waals surface area (Å²) in [6.45, 7) is 10.8. The molecular formula is C33H32F2N6O5S. The molecule has 0 aliphatic carbocycles. The number of thiophene rings is 1. The normalized spacial score (nSPS) is 21.7. The number of halogens is 2. The molecule has 2 bridgehead atoms. The Bertz CT molecular complexity index is 2070. The zero-order chi connectivity index (χ0) is 33.7. The molecule has 2 saturated heterocycles. The van der Waals surface area contributed by atoms with Gasteiger partial charge in [0.1, 0.15) is 40.1 Å². The molecule has 2 N–H and O–H groups in total. The van der Waals surface area contributed by atoms with Gasteiger partial charge in [-0.2, -0.15) is 5.26 Å². The van der Waals surface area contributed by atoms with Crippen molar-refractivity contribution < 1.29 is 33.0 Å². The van der Waals surface area contributed by atoms with Gasteiger partial charge in [-0.05, 0) is 72.1 Å². The lowest BCUT2D eigenvalue weighted by Crippen LogP contribution is -2.64. The number of hydrogen-bond acceptors (Lipinski definition) is 9. The maximum Gasteiger partial charge on any atom is 0.412 e. The number of hydrogen-bond donors (Lipinski definition) is 2. The summed E-state index contributed by atoms with van der Waals surface area (Å²) in [5.74, 6) is -0.756. The summed E-state index contributed by atoms with van der Waals surface area (Å²) in [5, 5.41) is 23.6. The second-order valence-corrected chi connectivity index (χ2v) is 14.3. The number of carbonyl (C=O) groups is 2. The van der Waals surface area contributed by atoms with E-state index in [0.29, 0.717) is 41.8 Å². The molecule has 4 aromatic rings. The van der Waals surface area contributed by atoms with Crippen molar-refractivity contribution in [1.82, 2.24) is 14.9 Å². The van der Waals surface area contributed by atoms with E-state index in [1.54, 1.807) is 34.6 Å². The van der Waals surface area contributed by atoms with Gasteiger partial charge in [-0.25, -0.2) is 28.3 Å². The first-order valence-corrected chi connectivity index (χ1v) is 16.1. The fraction of sp³-hybridized carbons (Fsp3) is 0.424. The highest BCUT2D eigenvalue weighted by Crippen LogP contribution is 2.49. The van der Waals surface area contributed by atoms with Crippen LogP contribution in [0, 0.1) is 36.8 Å². The van der Waals surface area contributed by atoms with Gasteiger partial charge < -0.3 is 19.5 Å². The third-order valence-electron chi connectivity index (χ3n) is 9.27. The van der Waals surface area contributed by atoms with Crippen LogP contribution in [0.25, 0.3) is 32.1 Å². The van der Waals surface area contributed by atoms with Gasteiger partial charge >= 0.3 is 12.2 Å². The Hall–Kier alpha value is -4.77. The van der Waals surface area contributed by atoms with Gasteiger partial charge in [0.2, 0.25) is 5.88 Å². The van der Waals surface area contributed by atoms with Crippen molar-refractivity contribution in [2.75, 3.05) is 16.8 Å². The first-order valence-electron chi connectivity index (χ1n) is 15.3. The number of ether oxygens (including phenoxy) is 2. The van der Waals surface area contributed by atoms with Gasteiger partial charge in [-0.1, -0.05) is 0 Å². The summed E-state index contributed by atoms with van der Waals surface area (Å²) in [5.41, 5.74) is 0.254. The second kappa shape index (κ2) is 10.6. The molecule has 0 saturated carbocycles. The monoisotopic (exact) mass is 662 g/mol. The molecule has 2 fully saturated rings. The average Bonchev–Trinajstić information content (AvgIpc) is 3.47. The predicted molar refractivity (Wildman–Crippen MR) is 172 cm³/mol. The molecule has 2 amide bonds. The van der Waals surface area contributed by atoms with Crippen molar-refractivity contribution in [3.8, 4) is 23.2 Å². The molecule has 0 radical (unpaired) electrons. The van der Waals surface area contributed by atoms with Crippen LogP contribution in [-0.4, -0.2) is 68.5 Å². The smallest absolute Gasteiger partial charge is 0.412 e. The zero-order valence-corrected chi connectivity index (χ0v) is 27.4. The molecule has 14 heteroatoms. The molecule has 47 heavy (non-hydrogen) atoms. The highest BCUT2D eigenvalue weighted by Gasteiger charge is 2.53. The predicted octanol–water partition coefficient (Wildman–Crippen LogP) is 7.11. The standard InChI is InChI=1S/C33H32F2N6O5S/c1-13-14(2)37-28-23-21(13)24(35)25(38-29(23)45-15(3)26-20-10-7-16(12-40(26)28)41(20)32(43)44)17-8-9-19(34)27-22(17)18(11-36)30(47-27)39-31(42)46-33(4,5)6/h8-9,15-16,20,26H,7,10,12H2,1-6H3,(H,39,42)(H,43,44). The van der Waals surface area contributed by atoms with Crippen molar-refractivity contribution in [3.63, 3.8) is 0 Å². The van der Waals surface area contributed by atoms with E-state index in [1.807, 2.05) is 6.92 Å². The number of aryl methyl sites for hydroxylation is 2. The van der Waals surface area contributed by atoms with Gasteiger partial charge in [-0.3, -0.25) is 10.2 Å². The molecular weight excluding hydrogens is 630 g/mol. The SMILES string of the molecule is Cc1nc2c3c(nc(-c4ccc(F)c5sc(NC(=O)OC(C)(C)C)c(C#N)c45)c(F)c3c1C)OC(C)C1C3CCC(CN21)N3C(=O)O. The quantitative estimate of drug-likeness (QED) is 0.230. The summed E-state index contributed by atoms with van der Waals surface area (Å²) in [7, 11) is 0. The average molecular weight is 663 g/mol. The van der Waals surface area contributed by atoms with Gasteiger partial charge in [0, 0.05) is 28.6 Å². The lowest BCUT2D eigenvalue weighted by atomic mass is 9.96. The Kier molecular flexibility index (Phi) is 6.98. The number of anilines is 2. The summed E-state index contributed by atoms with van der Waals surface area (Å²) in [4.78, 5) is 38.0. The Morgan fingerprint density at radius 3 is 2.60 bits per heavy atom. The molecule has 7 rings (SSSR count). The van der Waals surface area contributed by atoms with Crippen molar-refractivity contribution in [1.29, 1.82) is 5.26 Å². The Labute approximate surface area is 272 Å². The lowest BCUT2D eigenvalue weighted by Gasteiger charge is -2.47. The van der Waals surface area contributed by atoms with Crippen molar-refractivity contribution >= 4 is 55.2 Å². The summed E-state index contributed by atoms with van der Waals surface area (Å²) >= 11 is 0.843. The van der Waals surface area contributed by atoms with Crippen molar-refractivity contribution in [2.45, 2.75) is 84.2 Å². The Morgan fingerprint density at radius 1 is 1.17 bits per heavy atom. The van der Waals surface area contributed by atoms with Crippen LogP contribution in [0.1, 0.15) is 57.4 Å². The maximum absolute atomic E-state index is 17.1. The van der Waals surface area contributed by atoms with Gasteiger partial charge in [0.05, 0.1) is 33.8 Å². The van der Waals surface area contributed by atoms with Crippen LogP contribution in [-0.2, 0) is 4.74 Å². The molecule has 1 aromatic carbocycles. The van der Waals surface area contributed by atoms with Crippen LogP contribution in [0.3, 0.4) is 0 Å². The van der Waals surface area contributed by atoms with E-state index in [9.17, 15) is 20.0 Å². The third-order valence-corrected chi connectivity index (χ3v) is 10.4. The number of benzene rings is 1. The third kappa shape index (κ3) is 4.70. The van der Waals surface area contributed by atoms with Crippen LogP contribution in [0.4, 0.5) is 29.2 Å². The molecule has 0 spiro atoms. The Balaban J connectivity index is 1.44. The van der Waals surface area contributed by atoms with Gasteiger partial charge in [-0.15, -0.1) is 11.3 Å². The Morgan fingerprint density at radius 2 is 1.91 bits per heavy atom. The zero-order valence-electron chi connectivity index (χ0n) is 26.6. The van der Waals surface area contributed by atoms with Gasteiger partial charge in [0.15, 0.2) is 5.82 Å². The molecule has 4 unspecified atom stereocenters. The number of amides is 2. The number of carboxylic acid groups (broad SMARTS) is 1. The van der Waals surface area contributed by atoms with E-state index in [-0.39, 0.29) is 55.3 Å². The summed E-state index contributed by atoms with van der Waals surface area (Å²) in [6, 6.07) is 3.60. The minimum Gasteiger partial charge on any atom is -0.472 e. The minimum atomic E-state index is -0.985. The fourth-order valence-electron chi connectivity index (χ4n) is 7.33. The van der Waals surface area contributed by atoms with Gasteiger partial charge in [0.25, 0.3) is 0 Å². The molecule has 6 heterocycles. The molecule has 3 aliphatic heterocycles. The molecule has 4 atom stereocenters. The topological polar surface area (TPSA) is 141 Å². The van der Waals surface area contributed by atoms with Crippen LogP contribution in [0.5, 0.6) is 5.88 Å². The molecule has 3 aromatic heterocycles. The first kappa shape index (κ1) is 30.9. The number of piperazine rings is 1. The molecule has 11 nitrogen and oxygen atoms in total. The van der Waals surface area contributed by atoms with E-state index in [1.165, 1.54) is 17.0 Å². The number of carbonyl (C=O) groups excluding carboxylic acids is 1. The van der Waals surface area contributed by atoms with E-state index in [4.69, 9.17) is 19.4 Å². The summed E-state index contributed by atoms with van der Waals surface area (Å²) in [6.07, 6.45) is -1.00. The first-order chi connectivity index (χ1) is 22.2. The fourth-order valence-corrected chi connectivity index (χ4v) is 8.40. The number of nitriles is 1. The van der Waals surface area contributed by atoms with Crippen LogP contribution < -0.4 is 15.0 Å². The van der Waals surface area contributed by atoms with E-state index < -0.39 is 41.6 Å². The van der Waals surface area contributed by atoms with E-state index in [2.05, 4.69) is 16.3 Å². The number of rotatable bonds is 2. The van der Waals surface area contributed by atoms with E-state index in [0.717, 1.165) is 11.3 Å². The minimum absolute atomic E-state index is 0.0387. The second-order valence-electron chi connectivity index (χ2n) is 13.3. The number of pyridine rings is 2. The summed E-state index contributed by atoms with van der Waals surface area (Å²) < 4.78 is 44.2. The maximum atomic E-state index is 17.1. The number of nitrogens with zero attached hydrogens (tertiary/aromatic N) is 5. The number of aromatic nitrogens is 2. The highest BCUT2D eigenvalue weighted by atomic mass is 32.1. The molecule has 244 valence electrons. The largest absolute Gasteiger partial charge is 0.472 e. The van der Waals surface area contributed by atoms with E-state index >= 15 is 8.78 Å². The van der Waals surface area contributed by atoms with Crippen LogP contribution in [0.15, 0.2) is 12.1 Å². The highest BCUT2D eigenvalue weighted by molar-refractivity contribution is 7.23. The van der Waals surface area contributed by atoms with Crippen molar-refractivity contribution in [3.05, 3.63) is 40.6 Å². The number of nitrogens with one attached hydrogen (secondary N) is 1. The lowest BCUT2D eigenvalue weighted by molar-refractivity contribution is 0.0635. The van der Waals surface area contributed by atoms with Crippen molar-refractivity contribution in [2.24, 2.45) is 0 Å². The molecule has 3 aliphatic rings.